The summed E-state index contributed by atoms with van der Waals surface area (Å²) in [6.07, 6.45) is 0.327. The molecule has 13 heavy (non-hydrogen) atoms. The minimum atomic E-state index is -0.861. The molecule has 0 saturated heterocycles. The van der Waals surface area contributed by atoms with E-state index < -0.39 is 17.1 Å². The van der Waals surface area contributed by atoms with E-state index in [0.29, 0.717) is 6.42 Å². The summed E-state index contributed by atoms with van der Waals surface area (Å²) in [5.74, 6) is -0.841. The van der Waals surface area contributed by atoms with Gasteiger partial charge < -0.3 is 0 Å². The molecule has 1 aromatic rings. The standard InChI is InChI=1S/C8H11FN2O2/c1-4-5-6(9)7(12)11(3)8(13)10(5)2/h4H2,1-3H3. The zero-order chi connectivity index (χ0) is 10.2. The Kier molecular flexibility index (Phi) is 2.36. The Morgan fingerprint density at radius 3 is 2.23 bits per heavy atom. The van der Waals surface area contributed by atoms with Crippen LogP contribution in [0.1, 0.15) is 12.6 Å². The van der Waals surface area contributed by atoms with E-state index in [1.54, 1.807) is 6.92 Å². The molecule has 1 heterocycles. The molecule has 0 radical (unpaired) electrons. The first-order valence-corrected chi connectivity index (χ1v) is 3.95. The van der Waals surface area contributed by atoms with Crippen LogP contribution in [0.4, 0.5) is 4.39 Å². The monoisotopic (exact) mass is 186 g/mol. The zero-order valence-corrected chi connectivity index (χ0v) is 7.80. The molecule has 0 spiro atoms. The molecule has 1 aromatic heterocycles. The predicted octanol–water partition coefficient (Wildman–Crippen LogP) is -0.215. The molecule has 0 atom stereocenters. The average molecular weight is 186 g/mol. The van der Waals surface area contributed by atoms with E-state index in [1.807, 2.05) is 0 Å². The maximum Gasteiger partial charge on any atom is 0.330 e. The molecule has 5 heteroatoms. The van der Waals surface area contributed by atoms with Gasteiger partial charge in [0.05, 0.1) is 5.69 Å². The van der Waals surface area contributed by atoms with Crippen molar-refractivity contribution in [1.82, 2.24) is 9.13 Å². The lowest BCUT2D eigenvalue weighted by molar-refractivity contribution is 0.518. The SMILES string of the molecule is CCc1c(F)c(=O)n(C)c(=O)n1C. The van der Waals surface area contributed by atoms with Gasteiger partial charge in [-0.2, -0.15) is 4.39 Å². The summed E-state index contributed by atoms with van der Waals surface area (Å²) in [4.78, 5) is 22.4. The Morgan fingerprint density at radius 2 is 1.77 bits per heavy atom. The molecule has 0 saturated carbocycles. The highest BCUT2D eigenvalue weighted by Crippen LogP contribution is 1.98. The van der Waals surface area contributed by atoms with Crippen LogP contribution < -0.4 is 11.2 Å². The maximum atomic E-state index is 13.2. The second kappa shape index (κ2) is 3.16. The molecule has 4 nitrogen and oxygen atoms in total. The molecule has 1 rings (SSSR count). The van der Waals surface area contributed by atoms with Crippen LogP contribution in [0.5, 0.6) is 0 Å². The average Bonchev–Trinajstić information content (AvgIpc) is 2.13. The van der Waals surface area contributed by atoms with Crippen molar-refractivity contribution in [2.75, 3.05) is 0 Å². The molecule has 0 aliphatic carbocycles. The van der Waals surface area contributed by atoms with Gasteiger partial charge in [-0.1, -0.05) is 6.92 Å². The van der Waals surface area contributed by atoms with Gasteiger partial charge >= 0.3 is 5.69 Å². The molecule has 0 amide bonds. The minimum absolute atomic E-state index is 0.146. The lowest BCUT2D eigenvalue weighted by Crippen LogP contribution is -2.40. The van der Waals surface area contributed by atoms with Crippen molar-refractivity contribution in [3.63, 3.8) is 0 Å². The second-order valence-electron chi connectivity index (χ2n) is 2.82. The molecule has 0 unspecified atom stereocenters. The Morgan fingerprint density at radius 1 is 1.23 bits per heavy atom. The zero-order valence-electron chi connectivity index (χ0n) is 7.80. The van der Waals surface area contributed by atoms with E-state index in [0.717, 1.165) is 9.13 Å². The van der Waals surface area contributed by atoms with Gasteiger partial charge in [-0.25, -0.2) is 4.79 Å². The second-order valence-corrected chi connectivity index (χ2v) is 2.82. The summed E-state index contributed by atoms with van der Waals surface area (Å²) in [6.45, 7) is 1.69. The summed E-state index contributed by atoms with van der Waals surface area (Å²) in [5.41, 5.74) is -1.21. The summed E-state index contributed by atoms with van der Waals surface area (Å²) in [5, 5.41) is 0. The quantitative estimate of drug-likeness (QED) is 0.609. The molecular formula is C8H11FN2O2. The number of hydrogen-bond donors (Lipinski definition) is 0. The number of nitrogens with zero attached hydrogens (tertiary/aromatic N) is 2. The molecule has 0 aliphatic heterocycles. The van der Waals surface area contributed by atoms with Gasteiger partial charge in [0.2, 0.25) is 5.82 Å². The molecule has 0 fully saturated rings. The smallest absolute Gasteiger partial charge is 0.298 e. The predicted molar refractivity (Wildman–Crippen MR) is 46.3 cm³/mol. The van der Waals surface area contributed by atoms with Crippen LogP contribution in [0.15, 0.2) is 9.59 Å². The Hall–Kier alpha value is -1.39. The summed E-state index contributed by atoms with van der Waals surface area (Å²) < 4.78 is 15.1. The highest BCUT2D eigenvalue weighted by Gasteiger charge is 2.12. The van der Waals surface area contributed by atoms with E-state index in [-0.39, 0.29) is 5.69 Å². The lowest BCUT2D eigenvalue weighted by atomic mass is 10.3. The Bertz CT molecular complexity index is 407. The van der Waals surface area contributed by atoms with Crippen molar-refractivity contribution in [2.45, 2.75) is 13.3 Å². The third-order valence-corrected chi connectivity index (χ3v) is 2.06. The van der Waals surface area contributed by atoms with Gasteiger partial charge in [0.15, 0.2) is 0 Å². The normalized spacial score (nSPS) is 10.5. The van der Waals surface area contributed by atoms with Gasteiger partial charge in [0, 0.05) is 14.1 Å². The van der Waals surface area contributed by atoms with E-state index >= 15 is 0 Å². The summed E-state index contributed by atoms with van der Waals surface area (Å²) >= 11 is 0. The fourth-order valence-electron chi connectivity index (χ4n) is 1.24. The van der Waals surface area contributed by atoms with Crippen LogP contribution in [-0.2, 0) is 20.5 Å². The van der Waals surface area contributed by atoms with E-state index in [1.165, 1.54) is 14.1 Å². The molecule has 0 aliphatic rings. The third kappa shape index (κ3) is 1.30. The van der Waals surface area contributed by atoms with Crippen molar-refractivity contribution in [3.8, 4) is 0 Å². The Balaban J connectivity index is 3.78. The first kappa shape index (κ1) is 9.70. The van der Waals surface area contributed by atoms with Crippen LogP contribution in [0.3, 0.4) is 0 Å². The molecule has 0 aromatic carbocycles. The summed E-state index contributed by atoms with van der Waals surface area (Å²) in [7, 11) is 2.71. The van der Waals surface area contributed by atoms with E-state index in [4.69, 9.17) is 0 Å². The topological polar surface area (TPSA) is 44.0 Å². The fraction of sp³-hybridized carbons (Fsp3) is 0.500. The van der Waals surface area contributed by atoms with Crippen LogP contribution in [0.25, 0.3) is 0 Å². The van der Waals surface area contributed by atoms with Gasteiger partial charge in [-0.05, 0) is 6.42 Å². The molecule has 72 valence electrons. The Labute approximate surface area is 74.2 Å². The fourth-order valence-corrected chi connectivity index (χ4v) is 1.24. The van der Waals surface area contributed by atoms with Gasteiger partial charge in [0.1, 0.15) is 0 Å². The number of rotatable bonds is 1. The van der Waals surface area contributed by atoms with Crippen LogP contribution in [-0.4, -0.2) is 9.13 Å². The van der Waals surface area contributed by atoms with Crippen molar-refractivity contribution < 1.29 is 4.39 Å². The van der Waals surface area contributed by atoms with Crippen molar-refractivity contribution >= 4 is 0 Å². The van der Waals surface area contributed by atoms with Gasteiger partial charge in [0.25, 0.3) is 5.56 Å². The molecule has 0 N–H and O–H groups in total. The van der Waals surface area contributed by atoms with Gasteiger partial charge in [-0.15, -0.1) is 0 Å². The lowest BCUT2D eigenvalue weighted by Gasteiger charge is -2.07. The van der Waals surface area contributed by atoms with Crippen LogP contribution in [0, 0.1) is 5.82 Å². The van der Waals surface area contributed by atoms with Crippen molar-refractivity contribution in [1.29, 1.82) is 0 Å². The molecule has 0 bridgehead atoms. The van der Waals surface area contributed by atoms with Gasteiger partial charge in [-0.3, -0.25) is 13.9 Å². The van der Waals surface area contributed by atoms with E-state index in [2.05, 4.69) is 0 Å². The van der Waals surface area contributed by atoms with Crippen molar-refractivity contribution in [2.24, 2.45) is 14.1 Å². The van der Waals surface area contributed by atoms with Crippen LogP contribution in [0.2, 0.25) is 0 Å². The maximum absolute atomic E-state index is 13.2. The minimum Gasteiger partial charge on any atom is -0.298 e. The first-order chi connectivity index (χ1) is 6.00. The number of hydrogen-bond acceptors (Lipinski definition) is 2. The molecular weight excluding hydrogens is 175 g/mol. The first-order valence-electron chi connectivity index (χ1n) is 3.95. The van der Waals surface area contributed by atoms with Crippen LogP contribution >= 0.6 is 0 Å². The van der Waals surface area contributed by atoms with E-state index in [9.17, 15) is 14.0 Å². The highest BCUT2D eigenvalue weighted by molar-refractivity contribution is 5.05. The largest absolute Gasteiger partial charge is 0.330 e. The summed E-state index contributed by atoms with van der Waals surface area (Å²) in [6, 6.07) is 0. The van der Waals surface area contributed by atoms with Crippen molar-refractivity contribution in [3.05, 3.63) is 32.3 Å². The number of halogens is 1. The number of aromatic nitrogens is 2. The highest BCUT2D eigenvalue weighted by atomic mass is 19.1. The third-order valence-electron chi connectivity index (χ3n) is 2.06.